The zero-order chi connectivity index (χ0) is 15.4. The molecule has 3 heteroatoms. The number of halogens is 1. The van der Waals surface area contributed by atoms with E-state index in [1.807, 2.05) is 0 Å². The van der Waals surface area contributed by atoms with Gasteiger partial charge in [-0.25, -0.2) is 0 Å². The van der Waals surface area contributed by atoms with Gasteiger partial charge < -0.3 is 10.6 Å². The van der Waals surface area contributed by atoms with E-state index in [0.717, 1.165) is 18.8 Å². The Morgan fingerprint density at radius 2 is 2.14 bits per heavy atom. The van der Waals surface area contributed by atoms with Gasteiger partial charge in [-0.1, -0.05) is 48.7 Å². The molecule has 0 radical (unpaired) electrons. The summed E-state index contributed by atoms with van der Waals surface area (Å²) in [5.41, 5.74) is 8.71. The van der Waals surface area contributed by atoms with Gasteiger partial charge in [0, 0.05) is 29.3 Å². The second-order valence-corrected chi connectivity index (χ2v) is 7.54. The highest BCUT2D eigenvalue weighted by atomic mass is 79.9. The maximum Gasteiger partial charge on any atom is 0.0377 e. The second-order valence-electron chi connectivity index (χ2n) is 6.68. The molecule has 1 aliphatic carbocycles. The first-order valence-electron chi connectivity index (χ1n) is 8.28. The first-order valence-corrected chi connectivity index (χ1v) is 9.07. The number of anilines is 1. The van der Waals surface area contributed by atoms with E-state index in [0.29, 0.717) is 6.04 Å². The molecular weight excluding hydrogens is 324 g/mol. The average Bonchev–Trinajstić information content (AvgIpc) is 2.48. The monoisotopic (exact) mass is 352 g/mol. The quantitative estimate of drug-likeness (QED) is 0.828. The summed E-state index contributed by atoms with van der Waals surface area (Å²) in [7, 11) is 2.24. The smallest absolute Gasteiger partial charge is 0.0377 e. The summed E-state index contributed by atoms with van der Waals surface area (Å²) in [4.78, 5) is 2.46. The van der Waals surface area contributed by atoms with Crippen LogP contribution in [0.1, 0.15) is 51.5 Å². The third-order valence-electron chi connectivity index (χ3n) is 4.91. The normalized spacial score (nSPS) is 23.9. The number of benzene rings is 1. The van der Waals surface area contributed by atoms with Crippen molar-refractivity contribution < 1.29 is 0 Å². The van der Waals surface area contributed by atoms with Crippen LogP contribution in [0.4, 0.5) is 5.69 Å². The van der Waals surface area contributed by atoms with E-state index < -0.39 is 0 Å². The van der Waals surface area contributed by atoms with E-state index in [9.17, 15) is 0 Å². The average molecular weight is 353 g/mol. The Hall–Kier alpha value is -0.540. The van der Waals surface area contributed by atoms with E-state index in [1.165, 1.54) is 41.4 Å². The van der Waals surface area contributed by atoms with Crippen molar-refractivity contribution in [1.29, 1.82) is 0 Å². The molecule has 2 rings (SSSR count). The van der Waals surface area contributed by atoms with Crippen LogP contribution >= 0.6 is 15.9 Å². The SMILES string of the molecule is CCC(N)Cc1ccc(N(C)C2CCCC(C)C2)cc1Br. The molecule has 0 aromatic heterocycles. The summed E-state index contributed by atoms with van der Waals surface area (Å²) in [6.45, 7) is 4.52. The number of rotatable bonds is 5. The minimum Gasteiger partial charge on any atom is -0.372 e. The molecule has 1 fully saturated rings. The topological polar surface area (TPSA) is 29.3 Å². The Kier molecular flexibility index (Phi) is 6.12. The summed E-state index contributed by atoms with van der Waals surface area (Å²) < 4.78 is 1.19. The molecule has 0 amide bonds. The van der Waals surface area contributed by atoms with Crippen LogP contribution in [0.5, 0.6) is 0 Å². The number of nitrogens with zero attached hydrogens (tertiary/aromatic N) is 1. The fourth-order valence-corrected chi connectivity index (χ4v) is 3.84. The van der Waals surface area contributed by atoms with E-state index in [2.05, 4.69) is 59.9 Å². The van der Waals surface area contributed by atoms with Crippen molar-refractivity contribution in [3.63, 3.8) is 0 Å². The van der Waals surface area contributed by atoms with Crippen LogP contribution in [0.2, 0.25) is 0 Å². The van der Waals surface area contributed by atoms with Gasteiger partial charge in [-0.3, -0.25) is 0 Å². The van der Waals surface area contributed by atoms with Gasteiger partial charge in [-0.05, 0) is 49.3 Å². The van der Waals surface area contributed by atoms with Crippen molar-refractivity contribution >= 4 is 21.6 Å². The van der Waals surface area contributed by atoms with Crippen LogP contribution in [0, 0.1) is 5.92 Å². The molecule has 2 nitrogen and oxygen atoms in total. The third kappa shape index (κ3) is 4.46. The highest BCUT2D eigenvalue weighted by molar-refractivity contribution is 9.10. The Bertz CT molecular complexity index is 461. The molecule has 1 saturated carbocycles. The minimum atomic E-state index is 0.254. The summed E-state index contributed by atoms with van der Waals surface area (Å²) in [5.74, 6) is 0.858. The molecule has 0 heterocycles. The Morgan fingerprint density at radius 3 is 2.76 bits per heavy atom. The van der Waals surface area contributed by atoms with Crippen LogP contribution in [0.25, 0.3) is 0 Å². The van der Waals surface area contributed by atoms with E-state index in [1.54, 1.807) is 0 Å². The molecule has 21 heavy (non-hydrogen) atoms. The van der Waals surface area contributed by atoms with Gasteiger partial charge in [0.25, 0.3) is 0 Å². The van der Waals surface area contributed by atoms with Gasteiger partial charge >= 0.3 is 0 Å². The molecular formula is C18H29BrN2. The minimum absolute atomic E-state index is 0.254. The highest BCUT2D eigenvalue weighted by Crippen LogP contribution is 2.31. The summed E-state index contributed by atoms with van der Waals surface area (Å²) in [5, 5.41) is 0. The fourth-order valence-electron chi connectivity index (χ4n) is 3.31. The molecule has 3 atom stereocenters. The lowest BCUT2D eigenvalue weighted by Crippen LogP contribution is -2.35. The second kappa shape index (κ2) is 7.64. The van der Waals surface area contributed by atoms with Crippen LogP contribution in [-0.2, 0) is 6.42 Å². The van der Waals surface area contributed by atoms with Crippen molar-refractivity contribution in [1.82, 2.24) is 0 Å². The van der Waals surface area contributed by atoms with Crippen molar-refractivity contribution in [3.8, 4) is 0 Å². The molecule has 1 aromatic rings. The van der Waals surface area contributed by atoms with Crippen molar-refractivity contribution in [2.45, 2.75) is 64.5 Å². The molecule has 1 aromatic carbocycles. The lowest BCUT2D eigenvalue weighted by atomic mass is 9.86. The molecule has 3 unspecified atom stereocenters. The molecule has 2 N–H and O–H groups in total. The Labute approximate surface area is 138 Å². The van der Waals surface area contributed by atoms with Crippen LogP contribution in [0.3, 0.4) is 0 Å². The third-order valence-corrected chi connectivity index (χ3v) is 5.65. The van der Waals surface area contributed by atoms with Gasteiger partial charge in [0.15, 0.2) is 0 Å². The van der Waals surface area contributed by atoms with Crippen molar-refractivity contribution in [2.75, 3.05) is 11.9 Å². The summed E-state index contributed by atoms with van der Waals surface area (Å²) in [6.07, 6.45) is 7.36. The predicted molar refractivity (Wildman–Crippen MR) is 95.9 cm³/mol. The maximum atomic E-state index is 6.07. The molecule has 1 aliphatic rings. The van der Waals surface area contributed by atoms with E-state index in [-0.39, 0.29) is 6.04 Å². The van der Waals surface area contributed by atoms with Crippen LogP contribution < -0.4 is 10.6 Å². The van der Waals surface area contributed by atoms with Gasteiger partial charge in [-0.2, -0.15) is 0 Å². The van der Waals surface area contributed by atoms with E-state index in [4.69, 9.17) is 5.73 Å². The first kappa shape index (κ1) is 16.8. The van der Waals surface area contributed by atoms with Crippen LogP contribution in [0.15, 0.2) is 22.7 Å². The molecule has 0 spiro atoms. The largest absolute Gasteiger partial charge is 0.372 e. The van der Waals surface area contributed by atoms with Gasteiger partial charge in [0.05, 0.1) is 0 Å². The fraction of sp³-hybridized carbons (Fsp3) is 0.667. The Balaban J connectivity index is 2.08. The highest BCUT2D eigenvalue weighted by Gasteiger charge is 2.22. The maximum absolute atomic E-state index is 6.07. The molecule has 0 bridgehead atoms. The van der Waals surface area contributed by atoms with Crippen LogP contribution in [-0.4, -0.2) is 19.1 Å². The number of hydrogen-bond acceptors (Lipinski definition) is 2. The molecule has 118 valence electrons. The first-order chi connectivity index (χ1) is 10.0. The zero-order valence-corrected chi connectivity index (χ0v) is 15.2. The van der Waals surface area contributed by atoms with Gasteiger partial charge in [0.1, 0.15) is 0 Å². The molecule has 0 saturated heterocycles. The molecule has 0 aliphatic heterocycles. The van der Waals surface area contributed by atoms with Gasteiger partial charge in [0.2, 0.25) is 0 Å². The van der Waals surface area contributed by atoms with Crippen molar-refractivity contribution in [3.05, 3.63) is 28.2 Å². The Morgan fingerprint density at radius 1 is 1.38 bits per heavy atom. The summed E-state index contributed by atoms with van der Waals surface area (Å²) >= 11 is 3.73. The standard InChI is InChI=1S/C18H29BrN2/c1-4-15(20)11-14-8-9-17(12-18(14)19)21(3)16-7-5-6-13(2)10-16/h8-9,12-13,15-16H,4-7,10-11,20H2,1-3H3. The zero-order valence-electron chi connectivity index (χ0n) is 13.6. The lowest BCUT2D eigenvalue weighted by molar-refractivity contribution is 0.336. The number of hydrogen-bond donors (Lipinski definition) is 1. The number of nitrogens with two attached hydrogens (primary N) is 1. The predicted octanol–water partition coefficient (Wildman–Crippen LogP) is 4.74. The van der Waals surface area contributed by atoms with Crippen molar-refractivity contribution in [2.24, 2.45) is 11.7 Å². The summed E-state index contributed by atoms with van der Waals surface area (Å²) in [6, 6.07) is 7.68. The van der Waals surface area contributed by atoms with Gasteiger partial charge in [-0.15, -0.1) is 0 Å². The lowest BCUT2D eigenvalue weighted by Gasteiger charge is -2.35. The van der Waals surface area contributed by atoms with E-state index >= 15 is 0 Å².